The van der Waals surface area contributed by atoms with Gasteiger partial charge in [0.1, 0.15) is 0 Å². The van der Waals surface area contributed by atoms with Crippen molar-refractivity contribution in [1.29, 1.82) is 0 Å². The Balaban J connectivity index is 2.08. The molecule has 3 N–H and O–H groups in total. The molecule has 0 amide bonds. The summed E-state index contributed by atoms with van der Waals surface area (Å²) in [6, 6.07) is 5.90. The van der Waals surface area contributed by atoms with E-state index in [1.165, 1.54) is 0 Å². The Morgan fingerprint density at radius 2 is 2.00 bits per heavy atom. The van der Waals surface area contributed by atoms with Crippen LogP contribution in [-0.4, -0.2) is 28.0 Å². The molecule has 0 saturated heterocycles. The van der Waals surface area contributed by atoms with Crippen molar-refractivity contribution in [3.05, 3.63) is 41.5 Å². The van der Waals surface area contributed by atoms with Gasteiger partial charge in [0.25, 0.3) is 0 Å². The van der Waals surface area contributed by atoms with Gasteiger partial charge >= 0.3 is 0 Å². The third-order valence-corrected chi connectivity index (χ3v) is 4.85. The Morgan fingerprint density at radius 1 is 1.21 bits per heavy atom. The lowest BCUT2D eigenvalue weighted by Crippen LogP contribution is -2.42. The smallest absolute Gasteiger partial charge is 0.0824 e. The van der Waals surface area contributed by atoms with Crippen LogP contribution in [0.1, 0.15) is 41.6 Å². The van der Waals surface area contributed by atoms with Gasteiger partial charge in [-0.2, -0.15) is 0 Å². The maximum absolute atomic E-state index is 10.5. The van der Waals surface area contributed by atoms with Crippen LogP contribution in [0.5, 0.6) is 0 Å². The molecule has 2 aliphatic rings. The van der Waals surface area contributed by atoms with E-state index < -0.39 is 12.2 Å². The van der Waals surface area contributed by atoms with E-state index in [1.807, 2.05) is 18.2 Å². The Hall–Kier alpha value is -1.16. The molecule has 0 unspecified atom stereocenters. The number of hydrogen-bond donors (Lipinski definition) is 3. The Labute approximate surface area is 113 Å². The van der Waals surface area contributed by atoms with E-state index in [-0.39, 0.29) is 24.4 Å². The highest BCUT2D eigenvalue weighted by atomic mass is 16.3. The maximum Gasteiger partial charge on any atom is 0.0824 e. The molecular weight excluding hydrogens is 240 g/mol. The maximum atomic E-state index is 10.5. The summed E-state index contributed by atoms with van der Waals surface area (Å²) in [6.07, 6.45) is 2.14. The minimum absolute atomic E-state index is 0.00604. The number of aliphatic hydroxyl groups is 3. The fourth-order valence-electron chi connectivity index (χ4n) is 3.76. The molecule has 0 radical (unpaired) electrons. The third-order valence-electron chi connectivity index (χ3n) is 4.85. The standard InChI is InChI=1S/C16H20O3/c1-2-9-3-4-11-13(5-9)14-7-12(16(11)19)10(8-17)6-15(14)18/h2-5,10,12,14-19H,1,6-8H2/t10-,12+,14+,15-,16+/m0/s1. The molecule has 5 atom stereocenters. The fourth-order valence-corrected chi connectivity index (χ4v) is 3.76. The number of hydrogen-bond acceptors (Lipinski definition) is 3. The van der Waals surface area contributed by atoms with Crippen molar-refractivity contribution in [2.75, 3.05) is 6.61 Å². The molecular formula is C16H20O3. The van der Waals surface area contributed by atoms with Gasteiger partial charge < -0.3 is 15.3 Å². The summed E-state index contributed by atoms with van der Waals surface area (Å²) in [4.78, 5) is 0. The van der Waals surface area contributed by atoms with Crippen LogP contribution in [0.3, 0.4) is 0 Å². The summed E-state index contributed by atoms with van der Waals surface area (Å²) < 4.78 is 0. The van der Waals surface area contributed by atoms with Crippen molar-refractivity contribution in [3.8, 4) is 0 Å². The van der Waals surface area contributed by atoms with Gasteiger partial charge in [-0.25, -0.2) is 0 Å². The highest BCUT2D eigenvalue weighted by Gasteiger charge is 2.45. The van der Waals surface area contributed by atoms with E-state index in [0.717, 1.165) is 23.1 Å². The lowest BCUT2D eigenvalue weighted by molar-refractivity contribution is -0.0423. The van der Waals surface area contributed by atoms with Crippen LogP contribution in [0.25, 0.3) is 6.08 Å². The van der Waals surface area contributed by atoms with Crippen molar-refractivity contribution in [2.24, 2.45) is 11.8 Å². The molecule has 0 spiro atoms. The SMILES string of the molecule is C=Cc1ccc2c(c1)[C@H]1C[C@H]([C@H](CO)C[C@@H]1O)[C@@H]2O. The van der Waals surface area contributed by atoms with Crippen LogP contribution in [0.2, 0.25) is 0 Å². The third kappa shape index (κ3) is 1.93. The van der Waals surface area contributed by atoms with E-state index in [1.54, 1.807) is 6.08 Å². The molecule has 1 fully saturated rings. The van der Waals surface area contributed by atoms with E-state index in [0.29, 0.717) is 6.42 Å². The predicted octanol–water partition coefficient (Wildman–Crippen LogP) is 1.84. The van der Waals surface area contributed by atoms with Crippen LogP contribution < -0.4 is 0 Å². The minimum Gasteiger partial charge on any atom is -0.396 e. The molecule has 1 aromatic carbocycles. The predicted molar refractivity (Wildman–Crippen MR) is 73.5 cm³/mol. The summed E-state index contributed by atoms with van der Waals surface area (Å²) in [6.45, 7) is 3.80. The lowest BCUT2D eigenvalue weighted by atomic mass is 9.62. The molecule has 0 aliphatic heterocycles. The average Bonchev–Trinajstić information content (AvgIpc) is 2.45. The zero-order valence-corrected chi connectivity index (χ0v) is 10.9. The molecule has 3 nitrogen and oxygen atoms in total. The first-order valence-corrected chi connectivity index (χ1v) is 6.89. The van der Waals surface area contributed by atoms with Crippen LogP contribution in [0, 0.1) is 11.8 Å². The van der Waals surface area contributed by atoms with Gasteiger partial charge in [-0.3, -0.25) is 0 Å². The first kappa shape index (κ1) is 12.9. The average molecular weight is 260 g/mol. The van der Waals surface area contributed by atoms with Crippen molar-refractivity contribution >= 4 is 6.08 Å². The Morgan fingerprint density at radius 3 is 2.68 bits per heavy atom. The molecule has 102 valence electrons. The van der Waals surface area contributed by atoms with Gasteiger partial charge in [0.15, 0.2) is 0 Å². The second-order valence-electron chi connectivity index (χ2n) is 5.79. The fraction of sp³-hybridized carbons (Fsp3) is 0.500. The van der Waals surface area contributed by atoms with Gasteiger partial charge in [0.05, 0.1) is 12.2 Å². The monoisotopic (exact) mass is 260 g/mol. The highest BCUT2D eigenvalue weighted by Crippen LogP contribution is 2.51. The second kappa shape index (κ2) is 4.75. The summed E-state index contributed by atoms with van der Waals surface area (Å²) in [5.41, 5.74) is 2.97. The van der Waals surface area contributed by atoms with Gasteiger partial charge in [-0.15, -0.1) is 0 Å². The largest absolute Gasteiger partial charge is 0.396 e. The molecule has 0 heterocycles. The molecule has 1 aromatic rings. The number of fused-ring (bicyclic) bond motifs is 4. The van der Waals surface area contributed by atoms with Crippen LogP contribution in [-0.2, 0) is 0 Å². The van der Waals surface area contributed by atoms with Crippen LogP contribution >= 0.6 is 0 Å². The van der Waals surface area contributed by atoms with Gasteiger partial charge in [-0.05, 0) is 41.4 Å². The zero-order chi connectivity index (χ0) is 13.6. The molecule has 2 bridgehead atoms. The van der Waals surface area contributed by atoms with Crippen molar-refractivity contribution in [1.82, 2.24) is 0 Å². The first-order chi connectivity index (χ1) is 9.15. The minimum atomic E-state index is -0.533. The molecule has 19 heavy (non-hydrogen) atoms. The lowest BCUT2D eigenvalue weighted by Gasteiger charge is -2.46. The normalized spacial score (nSPS) is 36.7. The Bertz CT molecular complexity index is 497. The summed E-state index contributed by atoms with van der Waals surface area (Å²) in [7, 11) is 0. The van der Waals surface area contributed by atoms with E-state index >= 15 is 0 Å². The number of rotatable bonds is 2. The van der Waals surface area contributed by atoms with Gasteiger partial charge in [0, 0.05) is 12.5 Å². The Kier molecular flexibility index (Phi) is 3.21. The molecule has 2 aliphatic carbocycles. The van der Waals surface area contributed by atoms with E-state index in [2.05, 4.69) is 6.58 Å². The quantitative estimate of drug-likeness (QED) is 0.760. The second-order valence-corrected chi connectivity index (χ2v) is 5.79. The summed E-state index contributed by atoms with van der Waals surface area (Å²) >= 11 is 0. The first-order valence-electron chi connectivity index (χ1n) is 6.89. The topological polar surface area (TPSA) is 60.7 Å². The van der Waals surface area contributed by atoms with Crippen molar-refractivity contribution < 1.29 is 15.3 Å². The highest BCUT2D eigenvalue weighted by molar-refractivity contribution is 5.52. The summed E-state index contributed by atoms with van der Waals surface area (Å²) in [5, 5.41) is 30.2. The van der Waals surface area contributed by atoms with Crippen LogP contribution in [0.15, 0.2) is 24.8 Å². The van der Waals surface area contributed by atoms with E-state index in [9.17, 15) is 15.3 Å². The molecule has 3 heteroatoms. The van der Waals surface area contributed by atoms with Crippen molar-refractivity contribution in [3.63, 3.8) is 0 Å². The zero-order valence-electron chi connectivity index (χ0n) is 10.9. The number of aliphatic hydroxyl groups excluding tert-OH is 3. The summed E-state index contributed by atoms with van der Waals surface area (Å²) in [5.74, 6) is 0.125. The molecule has 1 saturated carbocycles. The van der Waals surface area contributed by atoms with Crippen LogP contribution in [0.4, 0.5) is 0 Å². The van der Waals surface area contributed by atoms with Gasteiger partial charge in [0.2, 0.25) is 0 Å². The molecule has 0 aromatic heterocycles. The van der Waals surface area contributed by atoms with Crippen molar-refractivity contribution in [2.45, 2.75) is 31.0 Å². The number of benzene rings is 1. The van der Waals surface area contributed by atoms with Gasteiger partial charge in [-0.1, -0.05) is 30.9 Å². The van der Waals surface area contributed by atoms with E-state index in [4.69, 9.17) is 0 Å². The molecule has 3 rings (SSSR count).